The van der Waals surface area contributed by atoms with Crippen molar-refractivity contribution in [3.8, 4) is 0 Å². The molecule has 2 aromatic rings. The molecule has 1 N–H and O–H groups in total. The van der Waals surface area contributed by atoms with Gasteiger partial charge < -0.3 is 10.1 Å². The van der Waals surface area contributed by atoms with Gasteiger partial charge in [0, 0.05) is 25.4 Å². The lowest BCUT2D eigenvalue weighted by Crippen LogP contribution is -2.43. The highest BCUT2D eigenvalue weighted by molar-refractivity contribution is 5.94. The first kappa shape index (κ1) is 17.7. The molecule has 0 saturated carbocycles. The van der Waals surface area contributed by atoms with Crippen LogP contribution in [0.15, 0.2) is 45.1 Å². The SMILES string of the molecule is COC(=O)C1=C(C)Nc2c(c(=O)n(C)c(=O)n2C)C1c1ccccc1F. The second-order valence-corrected chi connectivity index (χ2v) is 6.08. The van der Waals surface area contributed by atoms with E-state index in [0.717, 1.165) is 4.57 Å². The van der Waals surface area contributed by atoms with Crippen molar-refractivity contribution in [1.29, 1.82) is 0 Å². The Morgan fingerprint density at radius 1 is 1.19 bits per heavy atom. The number of nitrogens with one attached hydrogen (secondary N) is 1. The molecule has 1 aliphatic heterocycles. The van der Waals surface area contributed by atoms with Crippen molar-refractivity contribution in [2.45, 2.75) is 12.8 Å². The molecular weight excluding hydrogens is 341 g/mol. The molecule has 0 radical (unpaired) electrons. The highest BCUT2D eigenvalue weighted by Gasteiger charge is 2.38. The van der Waals surface area contributed by atoms with Gasteiger partial charge in [-0.05, 0) is 13.0 Å². The maximum absolute atomic E-state index is 14.6. The molecule has 0 bridgehead atoms. The number of carbonyl (C=O) groups is 1. The summed E-state index contributed by atoms with van der Waals surface area (Å²) in [5.74, 6) is -2.00. The molecule has 1 aromatic carbocycles. The van der Waals surface area contributed by atoms with Gasteiger partial charge in [-0.2, -0.15) is 0 Å². The molecule has 26 heavy (non-hydrogen) atoms. The van der Waals surface area contributed by atoms with Crippen LogP contribution in [0, 0.1) is 5.82 Å². The largest absolute Gasteiger partial charge is 0.466 e. The lowest BCUT2D eigenvalue weighted by Gasteiger charge is -2.30. The first-order valence-electron chi connectivity index (χ1n) is 7.90. The van der Waals surface area contributed by atoms with E-state index >= 15 is 0 Å². The van der Waals surface area contributed by atoms with Gasteiger partial charge in [-0.3, -0.25) is 13.9 Å². The summed E-state index contributed by atoms with van der Waals surface area (Å²) in [5, 5.41) is 2.93. The standard InChI is InChI=1S/C18H18FN3O4/c1-9-12(17(24)26-4)13(10-7-5-6-8-11(10)19)14-15(20-9)21(2)18(25)22(3)16(14)23/h5-8,13,20H,1-4H3. The van der Waals surface area contributed by atoms with E-state index in [-0.39, 0.29) is 22.5 Å². The quantitative estimate of drug-likeness (QED) is 0.816. The molecule has 0 fully saturated rings. The monoisotopic (exact) mass is 359 g/mol. The molecule has 1 aliphatic rings. The molecule has 3 rings (SSSR count). The Balaban J connectivity index is 2.46. The van der Waals surface area contributed by atoms with Gasteiger partial charge in [-0.1, -0.05) is 18.2 Å². The topological polar surface area (TPSA) is 82.3 Å². The zero-order chi connectivity index (χ0) is 19.2. The fourth-order valence-corrected chi connectivity index (χ4v) is 3.29. The zero-order valence-corrected chi connectivity index (χ0v) is 14.8. The molecule has 8 heteroatoms. The fraction of sp³-hybridized carbons (Fsp3) is 0.278. The van der Waals surface area contributed by atoms with Gasteiger partial charge in [0.05, 0.1) is 24.2 Å². The Kier molecular flexibility index (Phi) is 4.27. The van der Waals surface area contributed by atoms with Crippen LogP contribution < -0.4 is 16.6 Å². The van der Waals surface area contributed by atoms with Crippen molar-refractivity contribution >= 4 is 11.8 Å². The summed E-state index contributed by atoms with van der Waals surface area (Å²) < 4.78 is 21.6. The number of nitrogens with zero attached hydrogens (tertiary/aromatic N) is 2. The first-order chi connectivity index (χ1) is 12.3. The Bertz CT molecular complexity index is 1070. The Morgan fingerprint density at radius 2 is 1.85 bits per heavy atom. The van der Waals surface area contributed by atoms with Crippen LogP contribution in [-0.2, 0) is 23.6 Å². The number of ether oxygens (including phenoxy) is 1. The normalized spacial score (nSPS) is 16.1. The molecule has 0 spiro atoms. The van der Waals surface area contributed by atoms with Crippen LogP contribution >= 0.6 is 0 Å². The van der Waals surface area contributed by atoms with E-state index < -0.39 is 29.0 Å². The molecule has 1 atom stereocenters. The highest BCUT2D eigenvalue weighted by Crippen LogP contribution is 2.40. The lowest BCUT2D eigenvalue weighted by molar-refractivity contribution is -0.136. The summed E-state index contributed by atoms with van der Waals surface area (Å²) in [6.45, 7) is 1.62. The number of methoxy groups -OCH3 is 1. The minimum atomic E-state index is -0.995. The van der Waals surface area contributed by atoms with Crippen LogP contribution in [0.2, 0.25) is 0 Å². The first-order valence-corrected chi connectivity index (χ1v) is 7.90. The van der Waals surface area contributed by atoms with E-state index in [9.17, 15) is 18.8 Å². The van der Waals surface area contributed by atoms with E-state index in [1.807, 2.05) is 0 Å². The van der Waals surface area contributed by atoms with Crippen molar-refractivity contribution < 1.29 is 13.9 Å². The van der Waals surface area contributed by atoms with E-state index in [0.29, 0.717) is 5.70 Å². The van der Waals surface area contributed by atoms with Gasteiger partial charge in [-0.15, -0.1) is 0 Å². The number of rotatable bonds is 2. The molecule has 0 amide bonds. The summed E-state index contributed by atoms with van der Waals surface area (Å²) in [7, 11) is 4.06. The molecule has 2 heterocycles. The van der Waals surface area contributed by atoms with Crippen LogP contribution in [-0.4, -0.2) is 22.2 Å². The number of allylic oxidation sites excluding steroid dienone is 1. The van der Waals surface area contributed by atoms with Gasteiger partial charge in [-0.25, -0.2) is 14.0 Å². The third-order valence-electron chi connectivity index (χ3n) is 4.61. The second-order valence-electron chi connectivity index (χ2n) is 6.08. The summed E-state index contributed by atoms with van der Waals surface area (Å²) in [5.41, 5.74) is -0.334. The van der Waals surface area contributed by atoms with E-state index in [2.05, 4.69) is 5.32 Å². The number of esters is 1. The van der Waals surface area contributed by atoms with Crippen molar-refractivity contribution in [2.75, 3.05) is 12.4 Å². The Hall–Kier alpha value is -3.16. The number of carbonyl (C=O) groups excluding carboxylic acids is 1. The molecule has 7 nitrogen and oxygen atoms in total. The smallest absolute Gasteiger partial charge is 0.336 e. The summed E-state index contributed by atoms with van der Waals surface area (Å²) >= 11 is 0. The Morgan fingerprint density at radius 3 is 2.46 bits per heavy atom. The van der Waals surface area contributed by atoms with Gasteiger partial charge >= 0.3 is 11.7 Å². The average molecular weight is 359 g/mol. The predicted molar refractivity (Wildman–Crippen MR) is 93.5 cm³/mol. The minimum absolute atomic E-state index is 0.116. The van der Waals surface area contributed by atoms with Crippen LogP contribution in [0.25, 0.3) is 0 Å². The second kappa shape index (κ2) is 6.29. The molecular formula is C18H18FN3O4. The number of benzene rings is 1. The van der Waals surface area contributed by atoms with Gasteiger partial charge in [0.1, 0.15) is 11.6 Å². The molecule has 1 unspecified atom stereocenters. The number of aromatic nitrogens is 2. The lowest BCUT2D eigenvalue weighted by atomic mass is 9.82. The van der Waals surface area contributed by atoms with Crippen molar-refractivity contribution in [3.05, 3.63) is 73.3 Å². The fourth-order valence-electron chi connectivity index (χ4n) is 3.29. The third-order valence-corrected chi connectivity index (χ3v) is 4.61. The number of anilines is 1. The third kappa shape index (κ3) is 2.45. The van der Waals surface area contributed by atoms with Gasteiger partial charge in [0.2, 0.25) is 0 Å². The van der Waals surface area contributed by atoms with Crippen molar-refractivity contribution in [1.82, 2.24) is 9.13 Å². The number of halogens is 1. The molecule has 136 valence electrons. The minimum Gasteiger partial charge on any atom is -0.466 e. The summed E-state index contributed by atoms with van der Waals surface area (Å²) in [6.07, 6.45) is 0. The number of hydrogen-bond donors (Lipinski definition) is 1. The van der Waals surface area contributed by atoms with Crippen LogP contribution in [0.1, 0.15) is 24.0 Å². The summed E-state index contributed by atoms with van der Waals surface area (Å²) in [6, 6.07) is 5.91. The van der Waals surface area contributed by atoms with E-state index in [1.165, 1.54) is 44.0 Å². The van der Waals surface area contributed by atoms with Crippen molar-refractivity contribution in [3.63, 3.8) is 0 Å². The average Bonchev–Trinajstić information content (AvgIpc) is 2.63. The molecule has 0 saturated heterocycles. The van der Waals surface area contributed by atoms with Crippen LogP contribution in [0.5, 0.6) is 0 Å². The van der Waals surface area contributed by atoms with Crippen LogP contribution in [0.4, 0.5) is 10.2 Å². The zero-order valence-electron chi connectivity index (χ0n) is 14.8. The van der Waals surface area contributed by atoms with E-state index in [4.69, 9.17) is 4.74 Å². The van der Waals surface area contributed by atoms with Gasteiger partial charge in [0.25, 0.3) is 5.56 Å². The maximum atomic E-state index is 14.6. The van der Waals surface area contributed by atoms with Crippen molar-refractivity contribution in [2.24, 2.45) is 14.1 Å². The highest BCUT2D eigenvalue weighted by atomic mass is 19.1. The van der Waals surface area contributed by atoms with E-state index in [1.54, 1.807) is 13.0 Å². The maximum Gasteiger partial charge on any atom is 0.336 e. The molecule has 0 aliphatic carbocycles. The van der Waals surface area contributed by atoms with Gasteiger partial charge in [0.15, 0.2) is 0 Å². The number of fused-ring (bicyclic) bond motifs is 1. The number of hydrogen-bond acceptors (Lipinski definition) is 5. The van der Waals surface area contributed by atoms with Crippen LogP contribution in [0.3, 0.4) is 0 Å². The predicted octanol–water partition coefficient (Wildman–Crippen LogP) is 1.23. The Labute approximate surface area is 148 Å². The molecule has 1 aromatic heterocycles. The summed E-state index contributed by atoms with van der Waals surface area (Å²) in [4.78, 5) is 37.5.